The highest BCUT2D eigenvalue weighted by Crippen LogP contribution is 2.18. The lowest BCUT2D eigenvalue weighted by Gasteiger charge is -2.08. The van der Waals surface area contributed by atoms with Crippen LogP contribution in [0.2, 0.25) is 0 Å². The Morgan fingerprint density at radius 2 is 2.04 bits per heavy atom. The summed E-state index contributed by atoms with van der Waals surface area (Å²) < 4.78 is 1.85. The average molecular weight is 308 g/mol. The Hall–Kier alpha value is -2.69. The SMILES string of the molecule is CCc1cccc(NC(=O)c2ccc3c(c2)nnn3C(C)C)c1. The molecule has 0 aliphatic rings. The van der Waals surface area contributed by atoms with Crippen molar-refractivity contribution in [2.45, 2.75) is 33.2 Å². The molecule has 23 heavy (non-hydrogen) atoms. The van der Waals surface area contributed by atoms with Crippen molar-refractivity contribution in [2.24, 2.45) is 0 Å². The summed E-state index contributed by atoms with van der Waals surface area (Å²) >= 11 is 0. The summed E-state index contributed by atoms with van der Waals surface area (Å²) in [5, 5.41) is 11.2. The Balaban J connectivity index is 1.86. The maximum atomic E-state index is 12.4. The van der Waals surface area contributed by atoms with E-state index in [1.54, 1.807) is 6.07 Å². The van der Waals surface area contributed by atoms with E-state index in [9.17, 15) is 4.79 Å². The minimum Gasteiger partial charge on any atom is -0.322 e. The molecule has 1 heterocycles. The second-order valence-electron chi connectivity index (χ2n) is 5.84. The number of carbonyl (C=O) groups excluding carboxylic acids is 1. The van der Waals surface area contributed by atoms with Crippen LogP contribution in [0, 0.1) is 0 Å². The first-order valence-corrected chi connectivity index (χ1v) is 7.83. The van der Waals surface area contributed by atoms with Crippen LogP contribution in [0.3, 0.4) is 0 Å². The molecule has 0 bridgehead atoms. The number of rotatable bonds is 4. The highest BCUT2D eigenvalue weighted by Gasteiger charge is 2.12. The van der Waals surface area contributed by atoms with Gasteiger partial charge in [-0.25, -0.2) is 4.68 Å². The third-order valence-electron chi connectivity index (χ3n) is 3.82. The molecule has 0 unspecified atom stereocenters. The summed E-state index contributed by atoms with van der Waals surface area (Å²) in [5.74, 6) is -0.140. The first kappa shape index (κ1) is 15.2. The van der Waals surface area contributed by atoms with Gasteiger partial charge in [0, 0.05) is 17.3 Å². The normalized spacial score (nSPS) is 11.1. The van der Waals surface area contributed by atoms with Crippen molar-refractivity contribution in [1.82, 2.24) is 15.0 Å². The van der Waals surface area contributed by atoms with Crippen molar-refractivity contribution in [1.29, 1.82) is 0 Å². The molecule has 118 valence electrons. The second-order valence-corrected chi connectivity index (χ2v) is 5.84. The smallest absolute Gasteiger partial charge is 0.255 e. The van der Waals surface area contributed by atoms with E-state index in [-0.39, 0.29) is 11.9 Å². The molecule has 0 saturated carbocycles. The number of benzene rings is 2. The lowest BCUT2D eigenvalue weighted by molar-refractivity contribution is 0.102. The first-order chi connectivity index (χ1) is 11.1. The van der Waals surface area contributed by atoms with Crippen LogP contribution in [0.5, 0.6) is 0 Å². The van der Waals surface area contributed by atoms with Gasteiger partial charge in [-0.2, -0.15) is 0 Å². The second kappa shape index (κ2) is 6.20. The molecule has 1 aromatic heterocycles. The zero-order chi connectivity index (χ0) is 16.4. The zero-order valence-electron chi connectivity index (χ0n) is 13.6. The van der Waals surface area contributed by atoms with Gasteiger partial charge in [0.1, 0.15) is 5.52 Å². The van der Waals surface area contributed by atoms with Crippen molar-refractivity contribution in [2.75, 3.05) is 5.32 Å². The number of aryl methyl sites for hydroxylation is 1. The topological polar surface area (TPSA) is 59.8 Å². The van der Waals surface area contributed by atoms with Gasteiger partial charge in [-0.15, -0.1) is 5.10 Å². The van der Waals surface area contributed by atoms with Gasteiger partial charge in [0.15, 0.2) is 0 Å². The van der Waals surface area contributed by atoms with Crippen LogP contribution in [0.1, 0.15) is 42.7 Å². The van der Waals surface area contributed by atoms with E-state index < -0.39 is 0 Å². The minimum atomic E-state index is -0.140. The average Bonchev–Trinajstić information content (AvgIpc) is 2.98. The number of fused-ring (bicyclic) bond motifs is 1. The van der Waals surface area contributed by atoms with Crippen LogP contribution < -0.4 is 5.32 Å². The number of hydrogen-bond donors (Lipinski definition) is 1. The Labute approximate surface area is 135 Å². The van der Waals surface area contributed by atoms with Crippen LogP contribution in [0.25, 0.3) is 11.0 Å². The number of hydrogen-bond acceptors (Lipinski definition) is 3. The van der Waals surface area contributed by atoms with Crippen LogP contribution in [-0.2, 0) is 6.42 Å². The van der Waals surface area contributed by atoms with Gasteiger partial charge in [0.25, 0.3) is 5.91 Å². The molecule has 0 spiro atoms. The monoisotopic (exact) mass is 308 g/mol. The summed E-state index contributed by atoms with van der Waals surface area (Å²) in [4.78, 5) is 12.4. The largest absolute Gasteiger partial charge is 0.322 e. The van der Waals surface area contributed by atoms with Crippen LogP contribution in [0.4, 0.5) is 5.69 Å². The molecular weight excluding hydrogens is 288 g/mol. The van der Waals surface area contributed by atoms with Gasteiger partial charge in [-0.3, -0.25) is 4.79 Å². The third kappa shape index (κ3) is 3.08. The van der Waals surface area contributed by atoms with Crippen molar-refractivity contribution in [3.63, 3.8) is 0 Å². The molecule has 5 heteroatoms. The molecule has 2 aromatic carbocycles. The van der Waals surface area contributed by atoms with E-state index in [0.717, 1.165) is 23.1 Å². The number of nitrogens with zero attached hydrogens (tertiary/aromatic N) is 3. The van der Waals surface area contributed by atoms with Gasteiger partial charge in [-0.1, -0.05) is 24.3 Å². The van der Waals surface area contributed by atoms with Gasteiger partial charge >= 0.3 is 0 Å². The maximum absolute atomic E-state index is 12.4. The van der Waals surface area contributed by atoms with Crippen molar-refractivity contribution >= 4 is 22.6 Å². The van der Waals surface area contributed by atoms with Gasteiger partial charge in [0.2, 0.25) is 0 Å². The molecule has 0 radical (unpaired) electrons. The number of amides is 1. The Kier molecular flexibility index (Phi) is 4.10. The predicted molar refractivity (Wildman–Crippen MR) is 91.7 cm³/mol. The fourth-order valence-corrected chi connectivity index (χ4v) is 2.54. The van der Waals surface area contributed by atoms with Crippen LogP contribution in [-0.4, -0.2) is 20.9 Å². The highest BCUT2D eigenvalue weighted by molar-refractivity contribution is 6.05. The van der Waals surface area contributed by atoms with Gasteiger partial charge in [-0.05, 0) is 56.2 Å². The molecule has 0 saturated heterocycles. The molecular formula is C18H20N4O. The van der Waals surface area contributed by atoms with Crippen molar-refractivity contribution in [3.8, 4) is 0 Å². The number of anilines is 1. The summed E-state index contributed by atoms with van der Waals surface area (Å²) in [6.45, 7) is 6.19. The lowest BCUT2D eigenvalue weighted by atomic mass is 10.1. The molecule has 3 aromatic rings. The number of carbonyl (C=O) groups is 1. The zero-order valence-corrected chi connectivity index (χ0v) is 13.6. The molecule has 0 aliphatic carbocycles. The molecule has 5 nitrogen and oxygen atoms in total. The van der Waals surface area contributed by atoms with Crippen LogP contribution >= 0.6 is 0 Å². The van der Waals surface area contributed by atoms with E-state index >= 15 is 0 Å². The third-order valence-corrected chi connectivity index (χ3v) is 3.82. The minimum absolute atomic E-state index is 0.140. The highest BCUT2D eigenvalue weighted by atomic mass is 16.1. The summed E-state index contributed by atoms with van der Waals surface area (Å²) in [6.07, 6.45) is 0.938. The summed E-state index contributed by atoms with van der Waals surface area (Å²) in [5.41, 5.74) is 4.24. The molecule has 0 fully saturated rings. The summed E-state index contributed by atoms with van der Waals surface area (Å²) in [7, 11) is 0. The Morgan fingerprint density at radius 3 is 2.78 bits per heavy atom. The van der Waals surface area contributed by atoms with E-state index in [4.69, 9.17) is 0 Å². The number of aromatic nitrogens is 3. The molecule has 1 N–H and O–H groups in total. The quantitative estimate of drug-likeness (QED) is 0.797. The molecule has 0 aliphatic heterocycles. The first-order valence-electron chi connectivity index (χ1n) is 7.83. The lowest BCUT2D eigenvalue weighted by Crippen LogP contribution is -2.12. The van der Waals surface area contributed by atoms with E-state index in [0.29, 0.717) is 5.56 Å². The number of nitrogens with one attached hydrogen (secondary N) is 1. The maximum Gasteiger partial charge on any atom is 0.255 e. The van der Waals surface area contributed by atoms with E-state index in [2.05, 4.69) is 36.4 Å². The van der Waals surface area contributed by atoms with Crippen LogP contribution in [0.15, 0.2) is 42.5 Å². The predicted octanol–water partition coefficient (Wildman–Crippen LogP) is 3.83. The van der Waals surface area contributed by atoms with Crippen molar-refractivity contribution < 1.29 is 4.79 Å². The molecule has 3 rings (SSSR count). The molecule has 1 amide bonds. The van der Waals surface area contributed by atoms with E-state index in [1.807, 2.05) is 41.1 Å². The Morgan fingerprint density at radius 1 is 1.22 bits per heavy atom. The molecule has 0 atom stereocenters. The van der Waals surface area contributed by atoms with Gasteiger partial charge in [0.05, 0.1) is 5.52 Å². The fourth-order valence-electron chi connectivity index (χ4n) is 2.54. The standard InChI is InChI=1S/C18H20N4O/c1-4-13-6-5-7-15(10-13)19-18(23)14-8-9-17-16(11-14)20-21-22(17)12(2)3/h5-12H,4H2,1-3H3,(H,19,23). The van der Waals surface area contributed by atoms with E-state index in [1.165, 1.54) is 5.56 Å². The summed E-state index contributed by atoms with van der Waals surface area (Å²) in [6, 6.07) is 13.6. The van der Waals surface area contributed by atoms with Gasteiger partial charge < -0.3 is 5.32 Å². The Bertz CT molecular complexity index is 851. The van der Waals surface area contributed by atoms with Crippen molar-refractivity contribution in [3.05, 3.63) is 53.6 Å². The fraction of sp³-hybridized carbons (Fsp3) is 0.278.